The van der Waals surface area contributed by atoms with E-state index in [1.54, 1.807) is 6.08 Å². The van der Waals surface area contributed by atoms with Gasteiger partial charge in [0.15, 0.2) is 11.5 Å². The molecule has 3 heterocycles. The lowest BCUT2D eigenvalue weighted by Crippen LogP contribution is -2.23. The van der Waals surface area contributed by atoms with E-state index in [2.05, 4.69) is 15.2 Å². The normalized spacial score (nSPS) is 13.9. The average molecular weight is 469 g/mol. The molecule has 0 amide bonds. The van der Waals surface area contributed by atoms with E-state index in [1.165, 1.54) is 18.3 Å². The number of hydrogen-bond donors (Lipinski definition) is 0. The first-order valence-electron chi connectivity index (χ1n) is 9.14. The Labute approximate surface area is 182 Å². The quantitative estimate of drug-likeness (QED) is 0.382. The molecule has 3 aromatic rings. The number of nitrogens with zero attached hydrogens (tertiary/aromatic N) is 4. The Morgan fingerprint density at radius 2 is 2.09 bits per heavy atom. The number of benzene rings is 1. The van der Waals surface area contributed by atoms with Crippen LogP contribution in [0.1, 0.15) is 28.9 Å². The van der Waals surface area contributed by atoms with Crippen molar-refractivity contribution in [3.63, 3.8) is 0 Å². The first-order chi connectivity index (χ1) is 15.2. The highest BCUT2D eigenvalue weighted by Gasteiger charge is 2.42. The van der Waals surface area contributed by atoms with E-state index in [4.69, 9.17) is 20.9 Å². The summed E-state index contributed by atoms with van der Waals surface area (Å²) in [4.78, 5) is 16.5. The lowest BCUT2D eigenvalue weighted by atomic mass is 10.0. The largest absolute Gasteiger partial charge is 0.465 e. The number of aromatic nitrogens is 3. The fourth-order valence-corrected chi connectivity index (χ4v) is 3.55. The predicted octanol–water partition coefficient (Wildman–Crippen LogP) is 5.36. The van der Waals surface area contributed by atoms with Gasteiger partial charge in [0.1, 0.15) is 22.9 Å². The lowest BCUT2D eigenvalue weighted by Gasteiger charge is -2.14. The third-order valence-corrected chi connectivity index (χ3v) is 4.99. The second kappa shape index (κ2) is 8.23. The molecule has 0 aliphatic carbocycles. The van der Waals surface area contributed by atoms with Crippen LogP contribution in [0.2, 0.25) is 5.02 Å². The maximum absolute atomic E-state index is 14.5. The van der Waals surface area contributed by atoms with Crippen LogP contribution in [0.5, 0.6) is 0 Å². The number of methoxy groups -OCH3 is 1. The van der Waals surface area contributed by atoms with Crippen LogP contribution in [0, 0.1) is 5.82 Å². The Morgan fingerprint density at radius 1 is 1.31 bits per heavy atom. The van der Waals surface area contributed by atoms with Crippen LogP contribution >= 0.6 is 11.6 Å². The van der Waals surface area contributed by atoms with E-state index in [-0.39, 0.29) is 22.8 Å². The van der Waals surface area contributed by atoms with Crippen LogP contribution in [0.3, 0.4) is 0 Å². The van der Waals surface area contributed by atoms with E-state index < -0.39 is 46.2 Å². The SMILES string of the molecule is COC(=O)c1c(-c2c(F)cccc2Cl)noc1-c1cnn(C2=NC=CCC2)c1C(F)(F)F. The molecule has 0 bridgehead atoms. The smallest absolute Gasteiger partial charge is 0.434 e. The first kappa shape index (κ1) is 21.8. The van der Waals surface area contributed by atoms with Crippen LogP contribution in [0.4, 0.5) is 17.6 Å². The van der Waals surface area contributed by atoms with Gasteiger partial charge in [-0.3, -0.25) is 0 Å². The second-order valence-corrected chi connectivity index (χ2v) is 7.02. The summed E-state index contributed by atoms with van der Waals surface area (Å²) < 4.78 is 67.1. The third kappa shape index (κ3) is 3.68. The van der Waals surface area contributed by atoms with Crippen molar-refractivity contribution in [2.45, 2.75) is 19.0 Å². The number of alkyl halides is 3. The lowest BCUT2D eigenvalue weighted by molar-refractivity contribution is -0.142. The Hall–Kier alpha value is -3.47. The van der Waals surface area contributed by atoms with Crippen molar-refractivity contribution in [3.05, 3.63) is 58.8 Å². The zero-order valence-corrected chi connectivity index (χ0v) is 17.0. The minimum absolute atomic E-state index is 0.0579. The van der Waals surface area contributed by atoms with Gasteiger partial charge in [-0.1, -0.05) is 28.9 Å². The van der Waals surface area contributed by atoms with E-state index >= 15 is 0 Å². The number of aliphatic imine (C=N–C) groups is 1. The van der Waals surface area contributed by atoms with Gasteiger partial charge in [0, 0.05) is 12.6 Å². The number of carbonyl (C=O) groups is 1. The average Bonchev–Trinajstić information content (AvgIpc) is 3.38. The minimum atomic E-state index is -4.90. The summed E-state index contributed by atoms with van der Waals surface area (Å²) in [5, 5.41) is 7.35. The summed E-state index contributed by atoms with van der Waals surface area (Å²) in [5.74, 6) is -2.47. The van der Waals surface area contributed by atoms with Gasteiger partial charge < -0.3 is 9.26 Å². The highest BCUT2D eigenvalue weighted by molar-refractivity contribution is 6.33. The monoisotopic (exact) mass is 468 g/mol. The van der Waals surface area contributed by atoms with Crippen LogP contribution in [0.15, 0.2) is 46.2 Å². The molecular formula is C20H13ClF4N4O3. The number of esters is 1. The van der Waals surface area contributed by atoms with Gasteiger partial charge >= 0.3 is 12.1 Å². The van der Waals surface area contributed by atoms with Gasteiger partial charge in [0.05, 0.1) is 29.5 Å². The highest BCUT2D eigenvalue weighted by atomic mass is 35.5. The summed E-state index contributed by atoms with van der Waals surface area (Å²) in [7, 11) is 1.02. The summed E-state index contributed by atoms with van der Waals surface area (Å²) >= 11 is 6.06. The maximum atomic E-state index is 14.5. The van der Waals surface area contributed by atoms with Crippen molar-refractivity contribution in [1.29, 1.82) is 0 Å². The Morgan fingerprint density at radius 3 is 2.72 bits per heavy atom. The van der Waals surface area contributed by atoms with Crippen LogP contribution in [-0.4, -0.2) is 33.9 Å². The van der Waals surface area contributed by atoms with E-state index in [0.717, 1.165) is 19.4 Å². The van der Waals surface area contributed by atoms with Gasteiger partial charge in [0.25, 0.3) is 0 Å². The number of rotatable bonds is 3. The number of allylic oxidation sites excluding steroid dienone is 1. The van der Waals surface area contributed by atoms with Gasteiger partial charge in [-0.15, -0.1) is 0 Å². The molecule has 2 aromatic heterocycles. The second-order valence-electron chi connectivity index (χ2n) is 6.61. The molecule has 0 spiro atoms. The molecule has 0 saturated carbocycles. The van der Waals surface area contributed by atoms with E-state index in [9.17, 15) is 22.4 Å². The number of hydrogen-bond acceptors (Lipinski definition) is 6. The van der Waals surface area contributed by atoms with Crippen LogP contribution in [-0.2, 0) is 10.9 Å². The molecule has 7 nitrogen and oxygen atoms in total. The summed E-state index contributed by atoms with van der Waals surface area (Å²) in [6.45, 7) is 0. The molecule has 1 aliphatic rings. The molecule has 4 rings (SSSR count). The van der Waals surface area contributed by atoms with Gasteiger partial charge in [-0.25, -0.2) is 18.9 Å². The maximum Gasteiger partial charge on any atom is 0.434 e. The van der Waals surface area contributed by atoms with Gasteiger partial charge in [-0.2, -0.15) is 18.3 Å². The molecule has 0 fully saturated rings. The summed E-state index contributed by atoms with van der Waals surface area (Å²) in [5.41, 5.74) is -3.03. The van der Waals surface area contributed by atoms with Crippen molar-refractivity contribution < 1.29 is 31.6 Å². The first-order valence-corrected chi connectivity index (χ1v) is 9.51. The predicted molar refractivity (Wildman–Crippen MR) is 106 cm³/mol. The molecule has 0 N–H and O–H groups in total. The van der Waals surface area contributed by atoms with Crippen molar-refractivity contribution in [1.82, 2.24) is 14.9 Å². The van der Waals surface area contributed by atoms with Crippen LogP contribution in [0.25, 0.3) is 22.6 Å². The number of carbonyl (C=O) groups excluding carboxylic acids is 1. The Kier molecular flexibility index (Phi) is 5.59. The summed E-state index contributed by atoms with van der Waals surface area (Å²) in [6, 6.07) is 3.72. The third-order valence-electron chi connectivity index (χ3n) is 4.67. The zero-order chi connectivity index (χ0) is 23.0. The van der Waals surface area contributed by atoms with Crippen molar-refractivity contribution in [3.8, 4) is 22.6 Å². The molecule has 0 unspecified atom stereocenters. The van der Waals surface area contributed by atoms with E-state index in [0.29, 0.717) is 11.1 Å². The topological polar surface area (TPSA) is 82.5 Å². The highest BCUT2D eigenvalue weighted by Crippen LogP contribution is 2.42. The minimum Gasteiger partial charge on any atom is -0.465 e. The Bertz CT molecular complexity index is 1240. The molecule has 1 aromatic carbocycles. The van der Waals surface area contributed by atoms with Crippen LogP contribution < -0.4 is 0 Å². The molecule has 0 radical (unpaired) electrons. The van der Waals surface area contributed by atoms with Crippen molar-refractivity contribution in [2.75, 3.05) is 7.11 Å². The molecule has 12 heteroatoms. The fraction of sp³-hybridized carbons (Fsp3) is 0.200. The number of halogens is 5. The fourth-order valence-electron chi connectivity index (χ4n) is 3.29. The van der Waals surface area contributed by atoms with Crippen molar-refractivity contribution in [2.24, 2.45) is 4.99 Å². The van der Waals surface area contributed by atoms with E-state index in [1.807, 2.05) is 0 Å². The molecule has 32 heavy (non-hydrogen) atoms. The summed E-state index contributed by atoms with van der Waals surface area (Å²) in [6.07, 6.45) is -0.229. The van der Waals surface area contributed by atoms with Crippen molar-refractivity contribution >= 4 is 23.4 Å². The standard InChI is InChI=1S/C20H13ClF4N4O3/c1-31-19(30)15-16(14-11(21)5-4-6-12(14)22)28-32-17(15)10-9-27-29(18(10)20(23,24)25)13-7-2-3-8-26-13/h3-6,8-9H,2,7H2,1H3. The molecule has 0 atom stereocenters. The zero-order valence-electron chi connectivity index (χ0n) is 16.3. The van der Waals surface area contributed by atoms with Gasteiger partial charge in [-0.05, 0) is 18.6 Å². The molecule has 1 aliphatic heterocycles. The molecular weight excluding hydrogens is 456 g/mol. The Balaban J connectivity index is 1.98. The van der Waals surface area contributed by atoms with Gasteiger partial charge in [0.2, 0.25) is 0 Å². The molecule has 0 saturated heterocycles. The number of ether oxygens (including phenoxy) is 1. The molecule has 166 valence electrons.